The third kappa shape index (κ3) is 3.99. The predicted octanol–water partition coefficient (Wildman–Crippen LogP) is 3.96. The van der Waals surface area contributed by atoms with Crippen molar-refractivity contribution < 1.29 is 17.9 Å². The van der Waals surface area contributed by atoms with Crippen LogP contribution in [0.2, 0.25) is 0 Å². The Kier molecular flexibility index (Phi) is 5.39. The summed E-state index contributed by atoms with van der Waals surface area (Å²) in [7, 11) is -3.71. The molecule has 0 fully saturated rings. The highest BCUT2D eigenvalue weighted by molar-refractivity contribution is 7.92. The molecule has 28 heavy (non-hydrogen) atoms. The average molecular weight is 403 g/mol. The molecule has 2 aromatic carbocycles. The van der Waals surface area contributed by atoms with E-state index in [-0.39, 0.29) is 17.4 Å². The molecule has 3 rings (SSSR count). The zero-order valence-electron chi connectivity index (χ0n) is 16.7. The van der Waals surface area contributed by atoms with Crippen LogP contribution in [0.25, 0.3) is 0 Å². The van der Waals surface area contributed by atoms with Gasteiger partial charge in [0, 0.05) is 12.6 Å². The number of rotatable bonds is 5. The van der Waals surface area contributed by atoms with Crippen LogP contribution in [0.15, 0.2) is 47.4 Å². The van der Waals surface area contributed by atoms with Gasteiger partial charge in [-0.25, -0.2) is 8.42 Å². The second-order valence-corrected chi connectivity index (χ2v) is 9.41. The van der Waals surface area contributed by atoms with Crippen LogP contribution in [0, 0.1) is 12.3 Å². The number of carbonyl (C=O) groups is 1. The molecule has 0 atom stereocenters. The summed E-state index contributed by atoms with van der Waals surface area (Å²) in [5, 5.41) is 0. The molecule has 1 N–H and O–H groups in total. The lowest BCUT2D eigenvalue weighted by atomic mass is 9.93. The van der Waals surface area contributed by atoms with Gasteiger partial charge in [0.2, 0.25) is 5.91 Å². The van der Waals surface area contributed by atoms with Crippen LogP contribution in [0.4, 0.5) is 11.4 Å². The van der Waals surface area contributed by atoms with Crippen LogP contribution in [-0.2, 0) is 14.8 Å². The quantitative estimate of drug-likeness (QED) is 0.821. The number of hydrogen-bond acceptors (Lipinski definition) is 4. The minimum Gasteiger partial charge on any atom is -0.490 e. The monoisotopic (exact) mass is 402 g/mol. The Labute approximate surface area is 166 Å². The van der Waals surface area contributed by atoms with Gasteiger partial charge in [-0.15, -0.1) is 0 Å². The van der Waals surface area contributed by atoms with Gasteiger partial charge in [-0.05, 0) is 51.5 Å². The van der Waals surface area contributed by atoms with E-state index in [1.54, 1.807) is 47.4 Å². The van der Waals surface area contributed by atoms with E-state index in [0.29, 0.717) is 23.7 Å². The largest absolute Gasteiger partial charge is 0.490 e. The minimum atomic E-state index is -3.71. The Morgan fingerprint density at radius 1 is 1.14 bits per heavy atom. The Hall–Kier alpha value is -2.54. The van der Waals surface area contributed by atoms with E-state index in [9.17, 15) is 13.2 Å². The summed E-state index contributed by atoms with van der Waals surface area (Å²) in [6.07, 6.45) is 0.809. The lowest BCUT2D eigenvalue weighted by Gasteiger charge is -2.27. The second kappa shape index (κ2) is 7.47. The molecule has 2 aromatic rings. The molecule has 0 saturated heterocycles. The molecular weight excluding hydrogens is 376 g/mol. The predicted molar refractivity (Wildman–Crippen MR) is 110 cm³/mol. The van der Waals surface area contributed by atoms with Gasteiger partial charge in [-0.1, -0.05) is 24.6 Å². The average Bonchev–Trinajstić information content (AvgIpc) is 2.72. The number of fused-ring (bicyclic) bond motifs is 1. The third-order valence-corrected chi connectivity index (χ3v) is 6.09. The first-order chi connectivity index (χ1) is 13.1. The number of carbonyl (C=O) groups excluding carboxylic acids is 1. The SMILES string of the molecule is CCCN1C(=O)C(C)(C)COc2cc(NS(=O)(=O)c3ccc(C)cc3)ccc21. The van der Waals surface area contributed by atoms with E-state index in [1.165, 1.54) is 0 Å². The van der Waals surface area contributed by atoms with Gasteiger partial charge in [-0.3, -0.25) is 9.52 Å². The van der Waals surface area contributed by atoms with Crippen molar-refractivity contribution in [3.63, 3.8) is 0 Å². The van der Waals surface area contributed by atoms with E-state index in [4.69, 9.17) is 4.74 Å². The first kappa shape index (κ1) is 20.2. The van der Waals surface area contributed by atoms with Gasteiger partial charge in [0.05, 0.1) is 21.7 Å². The molecule has 0 aromatic heterocycles. The maximum atomic E-state index is 12.9. The molecular formula is C21H26N2O4S. The first-order valence-electron chi connectivity index (χ1n) is 9.32. The van der Waals surface area contributed by atoms with Crippen LogP contribution in [-0.4, -0.2) is 27.5 Å². The van der Waals surface area contributed by atoms with Crippen LogP contribution >= 0.6 is 0 Å². The second-order valence-electron chi connectivity index (χ2n) is 7.73. The Morgan fingerprint density at radius 3 is 2.46 bits per heavy atom. The fourth-order valence-electron chi connectivity index (χ4n) is 3.09. The van der Waals surface area contributed by atoms with Crippen LogP contribution < -0.4 is 14.4 Å². The van der Waals surface area contributed by atoms with Crippen molar-refractivity contribution in [1.29, 1.82) is 0 Å². The van der Waals surface area contributed by atoms with Crippen molar-refractivity contribution in [3.05, 3.63) is 48.0 Å². The molecule has 1 aliphatic rings. The van der Waals surface area contributed by atoms with Gasteiger partial charge < -0.3 is 9.64 Å². The van der Waals surface area contributed by atoms with Crippen LogP contribution in [0.5, 0.6) is 5.75 Å². The lowest BCUT2D eigenvalue weighted by molar-refractivity contribution is -0.127. The van der Waals surface area contributed by atoms with Crippen LogP contribution in [0.3, 0.4) is 0 Å². The van der Waals surface area contributed by atoms with Crippen LogP contribution in [0.1, 0.15) is 32.8 Å². The van der Waals surface area contributed by atoms with Crippen molar-refractivity contribution in [2.75, 3.05) is 22.8 Å². The zero-order chi connectivity index (χ0) is 20.5. The molecule has 0 unspecified atom stereocenters. The molecule has 1 heterocycles. The van der Waals surface area contributed by atoms with Gasteiger partial charge >= 0.3 is 0 Å². The minimum absolute atomic E-state index is 0.00101. The summed E-state index contributed by atoms with van der Waals surface area (Å²) in [4.78, 5) is 14.8. The van der Waals surface area contributed by atoms with E-state index in [0.717, 1.165) is 12.0 Å². The fourth-order valence-corrected chi connectivity index (χ4v) is 4.14. The zero-order valence-corrected chi connectivity index (χ0v) is 17.5. The number of nitrogens with zero attached hydrogens (tertiary/aromatic N) is 1. The number of benzene rings is 2. The van der Waals surface area contributed by atoms with Crippen molar-refractivity contribution in [1.82, 2.24) is 0 Å². The molecule has 0 spiro atoms. The van der Waals surface area contributed by atoms with E-state index in [2.05, 4.69) is 4.72 Å². The highest BCUT2D eigenvalue weighted by Gasteiger charge is 2.37. The molecule has 1 aliphatic heterocycles. The maximum Gasteiger partial charge on any atom is 0.261 e. The molecule has 150 valence electrons. The number of sulfonamides is 1. The van der Waals surface area contributed by atoms with E-state index >= 15 is 0 Å². The number of nitrogens with one attached hydrogen (secondary N) is 1. The Balaban J connectivity index is 1.94. The standard InChI is InChI=1S/C21H26N2O4S/c1-5-12-23-18-11-8-16(13-19(18)27-14-21(3,4)20(23)24)22-28(25,26)17-9-6-15(2)7-10-17/h6-11,13,22H,5,12,14H2,1-4H3. The number of aryl methyl sites for hydroxylation is 1. The number of amides is 1. The molecule has 0 saturated carbocycles. The summed E-state index contributed by atoms with van der Waals surface area (Å²) in [5.74, 6) is 0.498. The summed E-state index contributed by atoms with van der Waals surface area (Å²) in [6.45, 7) is 8.42. The topological polar surface area (TPSA) is 75.7 Å². The van der Waals surface area contributed by atoms with Crippen molar-refractivity contribution in [2.24, 2.45) is 5.41 Å². The summed E-state index contributed by atoms with van der Waals surface area (Å²) in [6, 6.07) is 11.7. The molecule has 1 amide bonds. The third-order valence-electron chi connectivity index (χ3n) is 4.69. The number of ether oxygens (including phenoxy) is 1. The van der Waals surface area contributed by atoms with Crippen molar-refractivity contribution in [2.45, 2.75) is 39.0 Å². The summed E-state index contributed by atoms with van der Waals surface area (Å²) >= 11 is 0. The lowest BCUT2D eigenvalue weighted by Crippen LogP contribution is -2.42. The van der Waals surface area contributed by atoms with Gasteiger partial charge in [0.1, 0.15) is 12.4 Å². The van der Waals surface area contributed by atoms with E-state index < -0.39 is 15.4 Å². The van der Waals surface area contributed by atoms with Gasteiger partial charge in [0.15, 0.2) is 0 Å². The van der Waals surface area contributed by atoms with Gasteiger partial charge in [-0.2, -0.15) is 0 Å². The highest BCUT2D eigenvalue weighted by Crippen LogP contribution is 2.38. The molecule has 7 heteroatoms. The Bertz CT molecular complexity index is 982. The first-order valence-corrected chi connectivity index (χ1v) is 10.8. The molecule has 0 bridgehead atoms. The number of hydrogen-bond donors (Lipinski definition) is 1. The normalized spacial score (nSPS) is 16.1. The maximum absolute atomic E-state index is 12.9. The van der Waals surface area contributed by atoms with Gasteiger partial charge in [0.25, 0.3) is 10.0 Å². The highest BCUT2D eigenvalue weighted by atomic mass is 32.2. The fraction of sp³-hybridized carbons (Fsp3) is 0.381. The molecule has 0 aliphatic carbocycles. The summed E-state index contributed by atoms with van der Waals surface area (Å²) < 4.78 is 33.8. The smallest absolute Gasteiger partial charge is 0.261 e. The van der Waals surface area contributed by atoms with Crippen molar-refractivity contribution >= 4 is 27.3 Å². The molecule has 6 nitrogen and oxygen atoms in total. The van der Waals surface area contributed by atoms with Crippen molar-refractivity contribution in [3.8, 4) is 5.75 Å². The van der Waals surface area contributed by atoms with E-state index in [1.807, 2.05) is 27.7 Å². The Morgan fingerprint density at radius 2 is 1.82 bits per heavy atom. The molecule has 0 radical (unpaired) electrons. The summed E-state index contributed by atoms with van der Waals surface area (Å²) in [5.41, 5.74) is 1.38. The number of anilines is 2.